The van der Waals surface area contributed by atoms with Gasteiger partial charge in [-0.05, 0) is 80.5 Å². The Bertz CT molecular complexity index is 1590. The van der Waals surface area contributed by atoms with Crippen LogP contribution in [0.5, 0.6) is 5.75 Å². The molecule has 2 N–H and O–H groups in total. The normalized spacial score (nSPS) is 17.0. The summed E-state index contributed by atoms with van der Waals surface area (Å²) in [4.78, 5) is 24.2. The van der Waals surface area contributed by atoms with E-state index in [2.05, 4.69) is 51.1 Å². The van der Waals surface area contributed by atoms with Crippen LogP contribution >= 0.6 is 12.2 Å². The van der Waals surface area contributed by atoms with Crippen LogP contribution in [0.25, 0.3) is 5.82 Å². The van der Waals surface area contributed by atoms with E-state index < -0.39 is 5.41 Å². The van der Waals surface area contributed by atoms with Gasteiger partial charge in [0.2, 0.25) is 5.91 Å². The Labute approximate surface area is 246 Å². The number of anilines is 2. The van der Waals surface area contributed by atoms with Gasteiger partial charge in [-0.1, -0.05) is 32.9 Å². The number of aromatic nitrogens is 3. The van der Waals surface area contributed by atoms with E-state index in [4.69, 9.17) is 21.9 Å². The molecular weight excluding hydrogens is 532 g/mol. The average Bonchev–Trinajstić information content (AvgIpc) is 3.44. The van der Waals surface area contributed by atoms with E-state index in [9.17, 15) is 4.79 Å². The second-order valence-electron chi connectivity index (χ2n) is 11.4. The summed E-state index contributed by atoms with van der Waals surface area (Å²) in [5, 5.41) is 7.11. The van der Waals surface area contributed by atoms with Crippen molar-refractivity contribution < 1.29 is 9.53 Å². The summed E-state index contributed by atoms with van der Waals surface area (Å²) in [5.74, 6) is 1.33. The number of carbonyl (C=O) groups excluding carboxylic acids is 1. The number of hydrogen-bond donors (Lipinski definition) is 2. The molecule has 1 aliphatic heterocycles. The summed E-state index contributed by atoms with van der Waals surface area (Å²) < 4.78 is 7.91. The van der Waals surface area contributed by atoms with Crippen LogP contribution in [-0.2, 0) is 4.79 Å². The minimum Gasteiger partial charge on any atom is -0.494 e. The van der Waals surface area contributed by atoms with Gasteiger partial charge in [-0.3, -0.25) is 9.78 Å². The number of amides is 1. The van der Waals surface area contributed by atoms with Gasteiger partial charge < -0.3 is 24.8 Å². The molecule has 3 aromatic heterocycles. The zero-order valence-electron chi connectivity index (χ0n) is 24.5. The molecule has 0 spiro atoms. The molecule has 1 aliphatic rings. The molecule has 2 atom stereocenters. The largest absolute Gasteiger partial charge is 0.494 e. The third-order valence-corrected chi connectivity index (χ3v) is 7.72. The van der Waals surface area contributed by atoms with E-state index in [1.807, 2.05) is 76.4 Å². The molecule has 4 aromatic rings. The van der Waals surface area contributed by atoms with Crippen LogP contribution in [0.1, 0.15) is 61.1 Å². The van der Waals surface area contributed by atoms with Gasteiger partial charge in [0.25, 0.3) is 0 Å². The number of carbonyl (C=O) groups is 1. The number of methoxy groups -OCH3 is 1. The lowest BCUT2D eigenvalue weighted by atomic mass is 9.95. The molecular formula is C32H36N6O2S. The van der Waals surface area contributed by atoms with Crippen molar-refractivity contribution in [3.05, 3.63) is 95.2 Å². The molecule has 0 unspecified atom stereocenters. The maximum atomic E-state index is 12.7. The van der Waals surface area contributed by atoms with Crippen molar-refractivity contribution in [1.82, 2.24) is 19.9 Å². The zero-order valence-corrected chi connectivity index (χ0v) is 25.3. The zero-order chi connectivity index (χ0) is 29.5. The Hall–Kier alpha value is -4.24. The summed E-state index contributed by atoms with van der Waals surface area (Å²) in [6, 6.07) is 17.6. The van der Waals surface area contributed by atoms with E-state index in [0.717, 1.165) is 39.7 Å². The Morgan fingerprint density at radius 1 is 1.05 bits per heavy atom. The van der Waals surface area contributed by atoms with Gasteiger partial charge in [0.1, 0.15) is 11.6 Å². The van der Waals surface area contributed by atoms with Crippen molar-refractivity contribution in [2.24, 2.45) is 5.41 Å². The summed E-state index contributed by atoms with van der Waals surface area (Å²) >= 11 is 5.96. The lowest BCUT2D eigenvalue weighted by Crippen LogP contribution is -2.30. The van der Waals surface area contributed by atoms with Crippen molar-refractivity contribution in [3.8, 4) is 11.6 Å². The first-order chi connectivity index (χ1) is 19.5. The number of aryl methyl sites for hydroxylation is 2. The first-order valence-corrected chi connectivity index (χ1v) is 14.0. The smallest absolute Gasteiger partial charge is 0.229 e. The van der Waals surface area contributed by atoms with Crippen molar-refractivity contribution in [3.63, 3.8) is 0 Å². The van der Waals surface area contributed by atoms with Crippen molar-refractivity contribution in [2.75, 3.05) is 17.3 Å². The number of pyridine rings is 2. The Morgan fingerprint density at radius 2 is 1.83 bits per heavy atom. The monoisotopic (exact) mass is 568 g/mol. The minimum atomic E-state index is -0.542. The fourth-order valence-electron chi connectivity index (χ4n) is 5.22. The highest BCUT2D eigenvalue weighted by Gasteiger charge is 2.42. The maximum Gasteiger partial charge on any atom is 0.229 e. The number of benzene rings is 1. The highest BCUT2D eigenvalue weighted by atomic mass is 32.1. The molecule has 1 aromatic carbocycles. The van der Waals surface area contributed by atoms with Crippen LogP contribution in [0, 0.1) is 26.2 Å². The van der Waals surface area contributed by atoms with E-state index in [1.165, 1.54) is 0 Å². The van der Waals surface area contributed by atoms with Gasteiger partial charge >= 0.3 is 0 Å². The van der Waals surface area contributed by atoms with Crippen LogP contribution in [-0.4, -0.2) is 32.7 Å². The summed E-state index contributed by atoms with van der Waals surface area (Å²) in [7, 11) is 1.60. The van der Waals surface area contributed by atoms with Crippen LogP contribution in [0.2, 0.25) is 0 Å². The summed E-state index contributed by atoms with van der Waals surface area (Å²) in [6.07, 6.45) is 3.68. The lowest BCUT2D eigenvalue weighted by Gasteiger charge is -2.29. The van der Waals surface area contributed by atoms with Crippen molar-refractivity contribution in [2.45, 2.75) is 53.6 Å². The van der Waals surface area contributed by atoms with Crippen molar-refractivity contribution >= 4 is 34.6 Å². The predicted molar refractivity (Wildman–Crippen MR) is 167 cm³/mol. The van der Waals surface area contributed by atoms with E-state index >= 15 is 0 Å². The number of hydrogen-bond acceptors (Lipinski definition) is 5. The summed E-state index contributed by atoms with van der Waals surface area (Å²) in [5.41, 5.74) is 6.16. The Kier molecular flexibility index (Phi) is 7.57. The minimum absolute atomic E-state index is 0.0906. The third-order valence-electron chi connectivity index (χ3n) is 7.40. The highest BCUT2D eigenvalue weighted by molar-refractivity contribution is 7.80. The van der Waals surface area contributed by atoms with Crippen LogP contribution in [0.4, 0.5) is 11.4 Å². The number of rotatable bonds is 6. The SMILES string of the molecule is COc1cc(N2C(=S)N[C@H](c3ccccn3)[C@@H]2c2cc(C)n(-c3ccc(C)cn3)c2C)ccc1NC(=O)C(C)(C)C. The second kappa shape index (κ2) is 11.0. The van der Waals surface area contributed by atoms with Crippen molar-refractivity contribution in [1.29, 1.82) is 0 Å². The molecule has 0 saturated carbocycles. The molecule has 0 aliphatic carbocycles. The fourth-order valence-corrected chi connectivity index (χ4v) is 5.57. The molecule has 41 heavy (non-hydrogen) atoms. The van der Waals surface area contributed by atoms with E-state index in [0.29, 0.717) is 16.5 Å². The standard InChI is InChI=1S/C32H36N6O2S/c1-19-11-14-27(34-18-19)37-20(2)16-23(21(37)3)29-28(25-10-8-9-15-33-25)36-31(41)38(29)22-12-13-24(26(17-22)40-7)35-30(39)32(4,5)6/h8-18,28-29H,1-7H3,(H,35,39)(H,36,41)/t28-,29+/m1/s1. The molecule has 1 fully saturated rings. The molecule has 1 saturated heterocycles. The number of ether oxygens (including phenoxy) is 1. The van der Waals surface area contributed by atoms with Gasteiger partial charge in [-0.15, -0.1) is 0 Å². The number of nitrogens with one attached hydrogen (secondary N) is 2. The third kappa shape index (κ3) is 5.41. The second-order valence-corrected chi connectivity index (χ2v) is 11.8. The highest BCUT2D eigenvalue weighted by Crippen LogP contribution is 2.45. The topological polar surface area (TPSA) is 84.3 Å². The predicted octanol–water partition coefficient (Wildman–Crippen LogP) is 6.36. The van der Waals surface area contributed by atoms with E-state index in [-0.39, 0.29) is 18.0 Å². The van der Waals surface area contributed by atoms with Gasteiger partial charge in [-0.2, -0.15) is 0 Å². The van der Waals surface area contributed by atoms with E-state index in [1.54, 1.807) is 13.3 Å². The quantitative estimate of drug-likeness (QED) is 0.262. The lowest BCUT2D eigenvalue weighted by molar-refractivity contribution is -0.123. The molecule has 1 amide bonds. The Morgan fingerprint density at radius 3 is 2.46 bits per heavy atom. The van der Waals surface area contributed by atoms with Crippen LogP contribution in [0.15, 0.2) is 67.0 Å². The molecule has 5 rings (SSSR count). The van der Waals surface area contributed by atoms with Gasteiger partial charge in [0, 0.05) is 41.0 Å². The van der Waals surface area contributed by atoms with Gasteiger partial charge in [-0.25, -0.2) is 4.98 Å². The fraction of sp³-hybridized carbons (Fsp3) is 0.312. The summed E-state index contributed by atoms with van der Waals surface area (Å²) in [6.45, 7) is 11.9. The molecule has 212 valence electrons. The molecule has 9 heteroatoms. The van der Waals surface area contributed by atoms with Gasteiger partial charge in [0.15, 0.2) is 5.11 Å². The Balaban J connectivity index is 1.62. The molecule has 4 heterocycles. The molecule has 0 bridgehead atoms. The number of thiocarbonyl (C=S) groups is 1. The first-order valence-electron chi connectivity index (χ1n) is 13.6. The first kappa shape index (κ1) is 28.3. The van der Waals surface area contributed by atoms with Crippen LogP contribution in [0.3, 0.4) is 0 Å². The average molecular weight is 569 g/mol. The maximum absolute atomic E-state index is 12.7. The molecule has 0 radical (unpaired) electrons. The van der Waals surface area contributed by atoms with Gasteiger partial charge in [0.05, 0.1) is 30.6 Å². The number of nitrogens with zero attached hydrogens (tertiary/aromatic N) is 4. The molecule has 8 nitrogen and oxygen atoms in total. The van der Waals surface area contributed by atoms with Crippen LogP contribution < -0.4 is 20.3 Å².